The van der Waals surface area contributed by atoms with E-state index in [1.807, 2.05) is 0 Å². The maximum Gasteiger partial charge on any atom is 0.302 e. The molecule has 0 amide bonds. The molecule has 0 saturated heterocycles. The van der Waals surface area contributed by atoms with Gasteiger partial charge in [0.1, 0.15) is 28.8 Å². The second kappa shape index (κ2) is 13.2. The van der Waals surface area contributed by atoms with E-state index in [0.717, 1.165) is 50.1 Å². The number of phenolic OH excluding ortho intramolecular Hbond substituents is 1. The van der Waals surface area contributed by atoms with Crippen LogP contribution in [-0.4, -0.2) is 29.1 Å². The number of ketones is 1. The zero-order valence-electron chi connectivity index (χ0n) is 35.0. The summed E-state index contributed by atoms with van der Waals surface area (Å²) in [6, 6.07) is 15.3. The second-order valence-corrected chi connectivity index (χ2v) is 19.8. The van der Waals surface area contributed by atoms with Gasteiger partial charge in [-0.1, -0.05) is 113 Å². The number of carbonyl (C=O) groups excluding carboxylic acids is 2. The fourth-order valence-electron chi connectivity index (χ4n) is 8.05. The van der Waals surface area contributed by atoms with Gasteiger partial charge in [0.2, 0.25) is 0 Å². The van der Waals surface area contributed by atoms with Gasteiger partial charge in [0.25, 0.3) is 0 Å². The van der Waals surface area contributed by atoms with Crippen molar-refractivity contribution in [1.82, 2.24) is 0 Å². The van der Waals surface area contributed by atoms with Crippen molar-refractivity contribution in [3.63, 3.8) is 0 Å². The van der Waals surface area contributed by atoms with Gasteiger partial charge in [0.15, 0.2) is 11.4 Å². The van der Waals surface area contributed by atoms with Gasteiger partial charge in [-0.2, -0.15) is 0 Å². The van der Waals surface area contributed by atoms with Crippen LogP contribution in [0, 0.1) is 5.41 Å². The summed E-state index contributed by atoms with van der Waals surface area (Å²) >= 11 is 0. The first-order valence-electron chi connectivity index (χ1n) is 19.5. The Bertz CT molecular complexity index is 2180. The Balaban J connectivity index is 0.000000767. The SMILES string of the molecule is CC(C)(C)C1=C[C@@]23Cc4cc(C(C)(C)C)cc(c4O2)Cc2cc(C(C)(C)C)cc(c2O)Cc2cc(C(C)(C)C)cc4cc(oc24)[C@@H]1C3=O.CCOC(C)=O. The van der Waals surface area contributed by atoms with Gasteiger partial charge in [0.05, 0.1) is 6.61 Å². The molecule has 7 rings (SSSR count). The van der Waals surface area contributed by atoms with Crippen LogP contribution in [0.1, 0.15) is 153 Å². The van der Waals surface area contributed by atoms with Gasteiger partial charge in [-0.15, -0.1) is 0 Å². The van der Waals surface area contributed by atoms with Gasteiger partial charge >= 0.3 is 5.97 Å². The monoisotopic (exact) mass is 732 g/mol. The molecular weight excluding hydrogens is 673 g/mol. The number of Topliss-reactive ketones (excluding diaryl/α,β-unsaturated/α-hetero) is 1. The van der Waals surface area contributed by atoms with Gasteiger partial charge in [0, 0.05) is 37.1 Å². The number of fused-ring (bicyclic) bond motifs is 5. The predicted octanol–water partition coefficient (Wildman–Crippen LogP) is 11.1. The summed E-state index contributed by atoms with van der Waals surface area (Å²) in [5.41, 5.74) is 8.49. The quantitative estimate of drug-likeness (QED) is 0.155. The lowest BCUT2D eigenvalue weighted by molar-refractivity contribution is -0.140. The minimum Gasteiger partial charge on any atom is -0.507 e. The van der Waals surface area contributed by atoms with E-state index >= 15 is 0 Å². The number of esters is 1. The lowest BCUT2D eigenvalue weighted by atomic mass is 9.79. The van der Waals surface area contributed by atoms with Gasteiger partial charge in [-0.25, -0.2) is 0 Å². The van der Waals surface area contributed by atoms with Crippen molar-refractivity contribution in [3.05, 3.63) is 104 Å². The number of allylic oxidation sites excluding steroid dienone is 1. The lowest BCUT2D eigenvalue weighted by Crippen LogP contribution is -2.40. The summed E-state index contributed by atoms with van der Waals surface area (Å²) in [7, 11) is 0. The summed E-state index contributed by atoms with van der Waals surface area (Å²) in [5.74, 6) is 1.04. The summed E-state index contributed by atoms with van der Waals surface area (Å²) in [4.78, 5) is 24.8. The summed E-state index contributed by atoms with van der Waals surface area (Å²) in [6.07, 6.45) is 3.61. The Morgan fingerprint density at radius 3 is 1.74 bits per heavy atom. The molecule has 3 aliphatic rings. The molecule has 0 unspecified atom stereocenters. The third kappa shape index (κ3) is 7.25. The van der Waals surface area contributed by atoms with Crippen LogP contribution in [0.4, 0.5) is 0 Å². The standard InChI is InChI=1S/C44H52O4.C4H8O2/c1-40(2,3)30-15-24-13-26-17-31(41(4,5)6)19-28-21-34(47-37(26)28)35-33(43(10,11)12)23-44(39(35)46)22-29-20-32(42(7,8)9)18-27(38(29)48-44)14-25(16-30)36(24)45;1-3-6-4(2)5/h15-21,23,35,45H,13-14,22H2,1-12H3;3H2,1-2H3/t35-,44-;/m1./s1. The predicted molar refractivity (Wildman–Crippen MR) is 217 cm³/mol. The number of aromatic hydroxyl groups is 1. The minimum absolute atomic E-state index is 0.0387. The first-order valence-corrected chi connectivity index (χ1v) is 19.5. The van der Waals surface area contributed by atoms with Crippen molar-refractivity contribution < 1.29 is 28.6 Å². The van der Waals surface area contributed by atoms with Crippen molar-refractivity contribution in [1.29, 1.82) is 0 Å². The van der Waals surface area contributed by atoms with E-state index in [9.17, 15) is 14.7 Å². The van der Waals surface area contributed by atoms with E-state index in [0.29, 0.717) is 37.4 Å². The van der Waals surface area contributed by atoms with E-state index in [2.05, 4.69) is 136 Å². The largest absolute Gasteiger partial charge is 0.507 e. The van der Waals surface area contributed by atoms with Crippen molar-refractivity contribution in [2.75, 3.05) is 6.61 Å². The Morgan fingerprint density at radius 2 is 1.24 bits per heavy atom. The topological polar surface area (TPSA) is 86.0 Å². The van der Waals surface area contributed by atoms with Crippen LogP contribution in [-0.2, 0) is 49.8 Å². The highest BCUT2D eigenvalue weighted by atomic mass is 16.5. The smallest absolute Gasteiger partial charge is 0.302 e. The minimum atomic E-state index is -1.11. The Labute approximate surface area is 322 Å². The van der Waals surface area contributed by atoms with E-state index < -0.39 is 11.5 Å². The lowest BCUT2D eigenvalue weighted by Gasteiger charge is -2.25. The molecule has 0 radical (unpaired) electrons. The highest BCUT2D eigenvalue weighted by Gasteiger charge is 2.56. The van der Waals surface area contributed by atoms with Crippen LogP contribution in [0.3, 0.4) is 0 Å². The molecule has 2 aliphatic heterocycles. The van der Waals surface area contributed by atoms with E-state index in [1.54, 1.807) is 6.92 Å². The zero-order valence-corrected chi connectivity index (χ0v) is 35.0. The molecule has 6 nitrogen and oxygen atoms in total. The molecule has 288 valence electrons. The van der Waals surface area contributed by atoms with Gasteiger partial charge in [-0.05, 0) is 91.3 Å². The molecule has 7 bridgehead atoms. The molecule has 2 atom stereocenters. The molecule has 54 heavy (non-hydrogen) atoms. The van der Waals surface area contributed by atoms with E-state index in [-0.39, 0.29) is 33.4 Å². The number of ether oxygens (including phenoxy) is 2. The second-order valence-electron chi connectivity index (χ2n) is 19.8. The number of benzene rings is 3. The Morgan fingerprint density at radius 1 is 0.741 bits per heavy atom. The number of hydrogen-bond donors (Lipinski definition) is 1. The highest BCUT2D eigenvalue weighted by molar-refractivity contribution is 6.03. The molecule has 4 aromatic rings. The molecule has 0 saturated carbocycles. The van der Waals surface area contributed by atoms with Crippen molar-refractivity contribution >= 4 is 22.7 Å². The van der Waals surface area contributed by atoms with Crippen LogP contribution >= 0.6 is 0 Å². The van der Waals surface area contributed by atoms with Crippen LogP contribution in [0.25, 0.3) is 11.0 Å². The number of carbonyl (C=O) groups is 2. The molecule has 1 N–H and O–H groups in total. The Kier molecular flexibility index (Phi) is 9.60. The molecule has 1 aliphatic carbocycles. The van der Waals surface area contributed by atoms with Crippen molar-refractivity contribution in [2.24, 2.45) is 5.41 Å². The third-order valence-electron chi connectivity index (χ3n) is 11.2. The molecule has 1 aromatic heterocycles. The van der Waals surface area contributed by atoms with Crippen LogP contribution < -0.4 is 4.74 Å². The summed E-state index contributed by atoms with van der Waals surface area (Å²) < 4.78 is 18.2. The zero-order chi connectivity index (χ0) is 39.9. The Hall–Kier alpha value is -4.32. The van der Waals surface area contributed by atoms with Gasteiger partial charge < -0.3 is 19.0 Å². The van der Waals surface area contributed by atoms with Gasteiger partial charge in [-0.3, -0.25) is 9.59 Å². The van der Waals surface area contributed by atoms with Crippen LogP contribution in [0.15, 0.2) is 58.5 Å². The van der Waals surface area contributed by atoms with Crippen LogP contribution in [0.2, 0.25) is 0 Å². The number of rotatable bonds is 1. The van der Waals surface area contributed by atoms with Crippen LogP contribution in [0.5, 0.6) is 11.5 Å². The fourth-order valence-corrected chi connectivity index (χ4v) is 8.05. The van der Waals surface area contributed by atoms with Crippen molar-refractivity contribution in [3.8, 4) is 11.5 Å². The summed E-state index contributed by atoms with van der Waals surface area (Å²) in [5, 5.41) is 13.1. The maximum absolute atomic E-state index is 15.0. The highest BCUT2D eigenvalue weighted by Crippen LogP contribution is 2.54. The number of furan rings is 1. The first-order chi connectivity index (χ1) is 24.8. The summed E-state index contributed by atoms with van der Waals surface area (Å²) in [6.45, 7) is 30.2. The molecular formula is C48H60O6. The molecule has 3 heterocycles. The maximum atomic E-state index is 15.0. The van der Waals surface area contributed by atoms with E-state index in [4.69, 9.17) is 9.15 Å². The van der Waals surface area contributed by atoms with E-state index in [1.165, 1.54) is 23.6 Å². The fraction of sp³-hybridized carbons (Fsp3) is 0.500. The van der Waals surface area contributed by atoms with Crippen molar-refractivity contribution in [2.45, 2.75) is 144 Å². The molecule has 6 heteroatoms. The normalized spacial score (nSPS) is 19.5. The number of phenols is 1. The average Bonchev–Trinajstić information content (AvgIpc) is 3.70. The molecule has 0 fully saturated rings. The molecule has 1 spiro atoms. The average molecular weight is 733 g/mol. The number of hydrogen-bond acceptors (Lipinski definition) is 6. The first kappa shape index (κ1) is 39.4. The third-order valence-corrected chi connectivity index (χ3v) is 11.2. The molecule has 3 aromatic carbocycles.